The number of ketones is 1. The number of carbonyl (C=O) groups excluding carboxylic acids is 1. The van der Waals surface area contributed by atoms with Gasteiger partial charge in [-0.1, -0.05) is 77.8 Å². The van der Waals surface area contributed by atoms with Crippen molar-refractivity contribution < 1.29 is 4.79 Å². The number of carbonyl (C=O) groups is 1. The van der Waals surface area contributed by atoms with Gasteiger partial charge in [-0.3, -0.25) is 4.79 Å². The van der Waals surface area contributed by atoms with Crippen molar-refractivity contribution in [3.8, 4) is 0 Å². The van der Waals surface area contributed by atoms with Crippen molar-refractivity contribution in [3.63, 3.8) is 0 Å². The van der Waals surface area contributed by atoms with Crippen molar-refractivity contribution in [3.05, 3.63) is 100 Å². The van der Waals surface area contributed by atoms with E-state index >= 15 is 0 Å². The van der Waals surface area contributed by atoms with Crippen LogP contribution in [0.3, 0.4) is 0 Å². The van der Waals surface area contributed by atoms with E-state index in [1.165, 1.54) is 6.08 Å². The van der Waals surface area contributed by atoms with Crippen molar-refractivity contribution in [1.29, 1.82) is 0 Å². The second-order valence-electron chi connectivity index (χ2n) is 6.06. The van der Waals surface area contributed by atoms with E-state index in [4.69, 9.17) is 23.2 Å². The molecule has 0 aliphatic carbocycles. The maximum absolute atomic E-state index is 12.6. The lowest BCUT2D eigenvalue weighted by Gasteiger charge is -2.06. The molecule has 4 aromatic carbocycles. The first-order chi connectivity index (χ1) is 12.6. The largest absolute Gasteiger partial charge is 0.289 e. The molecule has 0 aliphatic rings. The molecular formula is C23H14Cl2O. The number of halogens is 2. The summed E-state index contributed by atoms with van der Waals surface area (Å²) in [5.74, 6) is -0.0872. The van der Waals surface area contributed by atoms with Gasteiger partial charge in [0, 0.05) is 21.2 Å². The predicted octanol–water partition coefficient (Wildman–Crippen LogP) is 7.20. The van der Waals surface area contributed by atoms with Crippen LogP contribution in [0.1, 0.15) is 15.9 Å². The summed E-state index contributed by atoms with van der Waals surface area (Å²) in [6, 6.07) is 23.4. The highest BCUT2D eigenvalue weighted by atomic mass is 35.5. The summed E-state index contributed by atoms with van der Waals surface area (Å²) in [6.07, 6.45) is 3.18. The Morgan fingerprint density at radius 3 is 2.15 bits per heavy atom. The van der Waals surface area contributed by atoms with Gasteiger partial charge in [-0.2, -0.15) is 0 Å². The molecule has 0 N–H and O–H groups in total. The van der Waals surface area contributed by atoms with Crippen LogP contribution >= 0.6 is 23.2 Å². The Kier molecular flexibility index (Phi) is 4.50. The Balaban J connectivity index is 1.75. The van der Waals surface area contributed by atoms with Crippen molar-refractivity contribution >= 4 is 56.6 Å². The van der Waals surface area contributed by atoms with Gasteiger partial charge in [-0.25, -0.2) is 0 Å². The molecule has 0 unspecified atom stereocenters. The summed E-state index contributed by atoms with van der Waals surface area (Å²) < 4.78 is 0. The molecule has 3 heteroatoms. The molecule has 126 valence electrons. The Morgan fingerprint density at radius 1 is 0.731 bits per heavy atom. The third kappa shape index (κ3) is 3.12. The standard InChI is InChI=1S/C23H14Cl2O/c24-21-6-3-7-22(25)19(21)12-13-23(26)17-11-10-16-9-8-15-4-1-2-5-18(15)20(16)14-17/h1-14H. The van der Waals surface area contributed by atoms with Crippen LogP contribution in [0.5, 0.6) is 0 Å². The van der Waals surface area contributed by atoms with E-state index in [1.54, 1.807) is 24.3 Å². The number of hydrogen-bond donors (Lipinski definition) is 0. The van der Waals surface area contributed by atoms with E-state index in [1.807, 2.05) is 30.3 Å². The van der Waals surface area contributed by atoms with Gasteiger partial charge < -0.3 is 0 Å². The minimum Gasteiger partial charge on any atom is -0.289 e. The molecule has 0 fully saturated rings. The first-order valence-corrected chi connectivity index (χ1v) is 8.97. The highest BCUT2D eigenvalue weighted by Gasteiger charge is 2.07. The Hall–Kier alpha value is -2.61. The third-order valence-corrected chi connectivity index (χ3v) is 5.09. The first-order valence-electron chi connectivity index (χ1n) is 8.21. The van der Waals surface area contributed by atoms with Gasteiger partial charge in [0.25, 0.3) is 0 Å². The monoisotopic (exact) mass is 376 g/mol. The van der Waals surface area contributed by atoms with E-state index in [2.05, 4.69) is 24.3 Å². The minimum absolute atomic E-state index is 0.0872. The van der Waals surface area contributed by atoms with Gasteiger partial charge in [0.15, 0.2) is 5.78 Å². The summed E-state index contributed by atoms with van der Waals surface area (Å²) >= 11 is 12.3. The fourth-order valence-corrected chi connectivity index (χ4v) is 3.60. The van der Waals surface area contributed by atoms with E-state index in [0.29, 0.717) is 21.2 Å². The molecule has 0 bridgehead atoms. The normalized spacial score (nSPS) is 11.5. The van der Waals surface area contributed by atoms with Crippen LogP contribution < -0.4 is 0 Å². The Labute approximate surface area is 161 Å². The van der Waals surface area contributed by atoms with E-state index in [-0.39, 0.29) is 5.78 Å². The zero-order chi connectivity index (χ0) is 18.1. The van der Waals surface area contributed by atoms with Gasteiger partial charge in [-0.15, -0.1) is 0 Å². The summed E-state index contributed by atoms with van der Waals surface area (Å²) in [5, 5.41) is 5.51. The van der Waals surface area contributed by atoms with Crippen LogP contribution in [-0.4, -0.2) is 5.78 Å². The minimum atomic E-state index is -0.0872. The van der Waals surface area contributed by atoms with E-state index in [9.17, 15) is 4.79 Å². The van der Waals surface area contributed by atoms with Crippen molar-refractivity contribution in [2.24, 2.45) is 0 Å². The van der Waals surface area contributed by atoms with Crippen LogP contribution in [-0.2, 0) is 0 Å². The zero-order valence-electron chi connectivity index (χ0n) is 13.7. The highest BCUT2D eigenvalue weighted by molar-refractivity contribution is 6.37. The van der Waals surface area contributed by atoms with Crippen molar-refractivity contribution in [2.45, 2.75) is 0 Å². The molecule has 0 atom stereocenters. The SMILES string of the molecule is O=C(C=Cc1c(Cl)cccc1Cl)c1ccc2ccc3ccccc3c2c1. The molecule has 0 spiro atoms. The topological polar surface area (TPSA) is 17.1 Å². The van der Waals surface area contributed by atoms with Gasteiger partial charge >= 0.3 is 0 Å². The summed E-state index contributed by atoms with van der Waals surface area (Å²) in [6.45, 7) is 0. The molecular weight excluding hydrogens is 363 g/mol. The quantitative estimate of drug-likeness (QED) is 0.210. The maximum Gasteiger partial charge on any atom is 0.185 e. The smallest absolute Gasteiger partial charge is 0.185 e. The maximum atomic E-state index is 12.6. The molecule has 26 heavy (non-hydrogen) atoms. The second kappa shape index (κ2) is 6.95. The number of hydrogen-bond acceptors (Lipinski definition) is 1. The zero-order valence-corrected chi connectivity index (χ0v) is 15.3. The van der Waals surface area contributed by atoms with Crippen LogP contribution in [0, 0.1) is 0 Å². The lowest BCUT2D eigenvalue weighted by Crippen LogP contribution is -1.94. The van der Waals surface area contributed by atoms with Gasteiger partial charge in [-0.05, 0) is 51.9 Å². The molecule has 0 heterocycles. The fraction of sp³-hybridized carbons (Fsp3) is 0. The fourth-order valence-electron chi connectivity index (χ4n) is 3.08. The second-order valence-corrected chi connectivity index (χ2v) is 6.87. The molecule has 0 aliphatic heterocycles. The average molecular weight is 377 g/mol. The first kappa shape index (κ1) is 16.8. The van der Waals surface area contributed by atoms with Crippen LogP contribution in [0.15, 0.2) is 78.9 Å². The van der Waals surface area contributed by atoms with Crippen LogP contribution in [0.4, 0.5) is 0 Å². The number of fused-ring (bicyclic) bond motifs is 3. The molecule has 1 nitrogen and oxygen atoms in total. The van der Waals surface area contributed by atoms with Gasteiger partial charge in [0.05, 0.1) is 0 Å². The van der Waals surface area contributed by atoms with E-state index in [0.717, 1.165) is 21.5 Å². The molecule has 0 saturated heterocycles. The Morgan fingerprint density at radius 2 is 1.38 bits per heavy atom. The molecule has 0 amide bonds. The lowest BCUT2D eigenvalue weighted by atomic mass is 9.98. The van der Waals surface area contributed by atoms with Crippen molar-refractivity contribution in [1.82, 2.24) is 0 Å². The third-order valence-electron chi connectivity index (χ3n) is 4.43. The average Bonchev–Trinajstić information content (AvgIpc) is 2.67. The molecule has 4 rings (SSSR count). The van der Waals surface area contributed by atoms with Crippen LogP contribution in [0.2, 0.25) is 10.0 Å². The highest BCUT2D eigenvalue weighted by Crippen LogP contribution is 2.28. The summed E-state index contributed by atoms with van der Waals surface area (Å²) in [4.78, 5) is 12.6. The molecule has 0 saturated carbocycles. The number of benzene rings is 4. The van der Waals surface area contributed by atoms with E-state index < -0.39 is 0 Å². The predicted molar refractivity (Wildman–Crippen MR) is 111 cm³/mol. The van der Waals surface area contributed by atoms with Gasteiger partial charge in [0.2, 0.25) is 0 Å². The van der Waals surface area contributed by atoms with Gasteiger partial charge in [0.1, 0.15) is 0 Å². The molecule has 4 aromatic rings. The molecule has 0 radical (unpaired) electrons. The lowest BCUT2D eigenvalue weighted by molar-refractivity contribution is 0.104. The number of allylic oxidation sites excluding steroid dienone is 1. The number of rotatable bonds is 3. The van der Waals surface area contributed by atoms with Crippen molar-refractivity contribution in [2.75, 3.05) is 0 Å². The summed E-state index contributed by atoms with van der Waals surface area (Å²) in [5.41, 5.74) is 1.28. The van der Waals surface area contributed by atoms with Crippen LogP contribution in [0.25, 0.3) is 27.6 Å². The Bertz CT molecular complexity index is 1160. The molecule has 0 aromatic heterocycles. The summed E-state index contributed by atoms with van der Waals surface area (Å²) in [7, 11) is 0.